The number of aliphatic hydroxyl groups is 4. The van der Waals surface area contributed by atoms with Crippen LogP contribution >= 0.6 is 23.2 Å². The van der Waals surface area contributed by atoms with Gasteiger partial charge in [0.25, 0.3) is 0 Å². The third kappa shape index (κ3) is 3.17. The van der Waals surface area contributed by atoms with Gasteiger partial charge in [-0.05, 0) is 18.2 Å². The van der Waals surface area contributed by atoms with Crippen LogP contribution in [0.5, 0.6) is 5.75 Å². The summed E-state index contributed by atoms with van der Waals surface area (Å²) in [7, 11) is 0. The van der Waals surface area contributed by atoms with Crippen molar-refractivity contribution in [2.24, 2.45) is 0 Å². The first kappa shape index (κ1) is 15.8. The summed E-state index contributed by atoms with van der Waals surface area (Å²) in [5.74, 6) is 0.195. The fourth-order valence-corrected chi connectivity index (χ4v) is 2.31. The normalized spacial score (nSPS) is 34.0. The smallest absolute Gasteiger partial charge is 0.229 e. The van der Waals surface area contributed by atoms with Crippen molar-refractivity contribution in [1.29, 1.82) is 0 Å². The van der Waals surface area contributed by atoms with Crippen LogP contribution in [0.25, 0.3) is 0 Å². The maximum absolute atomic E-state index is 9.82. The fraction of sp³-hybridized carbons (Fsp3) is 0.500. The highest BCUT2D eigenvalue weighted by atomic mass is 35.5. The van der Waals surface area contributed by atoms with Gasteiger partial charge in [0.1, 0.15) is 30.2 Å². The van der Waals surface area contributed by atoms with Crippen LogP contribution in [-0.4, -0.2) is 57.7 Å². The number of hydrogen-bond donors (Lipinski definition) is 4. The molecule has 0 amide bonds. The van der Waals surface area contributed by atoms with E-state index in [1.807, 2.05) is 0 Å². The number of hydrogen-bond acceptors (Lipinski definition) is 6. The Morgan fingerprint density at radius 1 is 1.10 bits per heavy atom. The van der Waals surface area contributed by atoms with Gasteiger partial charge >= 0.3 is 0 Å². The second-order valence-corrected chi connectivity index (χ2v) is 5.23. The van der Waals surface area contributed by atoms with E-state index >= 15 is 0 Å². The Hall–Kier alpha value is -0.600. The molecule has 1 aliphatic heterocycles. The highest BCUT2D eigenvalue weighted by Crippen LogP contribution is 2.31. The lowest BCUT2D eigenvalue weighted by molar-refractivity contribution is -0.277. The molecule has 112 valence electrons. The van der Waals surface area contributed by atoms with E-state index in [1.165, 1.54) is 18.2 Å². The van der Waals surface area contributed by atoms with Crippen LogP contribution in [0.2, 0.25) is 10.0 Å². The number of benzene rings is 1. The molecular weight excluding hydrogens is 311 g/mol. The van der Waals surface area contributed by atoms with E-state index in [2.05, 4.69) is 0 Å². The summed E-state index contributed by atoms with van der Waals surface area (Å²) in [5.41, 5.74) is 0. The Morgan fingerprint density at radius 2 is 1.80 bits per heavy atom. The van der Waals surface area contributed by atoms with Gasteiger partial charge in [-0.3, -0.25) is 0 Å². The summed E-state index contributed by atoms with van der Waals surface area (Å²) in [6.45, 7) is -0.529. The average molecular weight is 325 g/mol. The molecule has 0 radical (unpaired) electrons. The first-order valence-electron chi connectivity index (χ1n) is 5.86. The molecule has 4 N–H and O–H groups in total. The van der Waals surface area contributed by atoms with Crippen molar-refractivity contribution >= 4 is 23.2 Å². The van der Waals surface area contributed by atoms with Gasteiger partial charge in [-0.25, -0.2) is 0 Å². The lowest BCUT2D eigenvalue weighted by atomic mass is 9.99. The molecule has 8 heteroatoms. The fourth-order valence-electron chi connectivity index (χ4n) is 1.86. The number of halogens is 2. The van der Waals surface area contributed by atoms with Gasteiger partial charge in [-0.1, -0.05) is 23.2 Å². The standard InChI is InChI=1S/C12H14Cl2O6/c13-5-1-2-7(6(14)3-5)19-12-11(18)10(17)9(16)8(4-15)20-12/h1-3,8-12,15-18H,4H2/t8-,9-,10+,11-,12-/m0/s1. The summed E-state index contributed by atoms with van der Waals surface area (Å²) in [5, 5.41) is 38.8. The minimum absolute atomic E-state index is 0.195. The quantitative estimate of drug-likeness (QED) is 0.632. The molecule has 1 heterocycles. The Kier molecular flexibility index (Phi) is 5.09. The zero-order valence-electron chi connectivity index (χ0n) is 10.2. The van der Waals surface area contributed by atoms with E-state index < -0.39 is 37.3 Å². The lowest BCUT2D eigenvalue weighted by Crippen LogP contribution is -2.60. The van der Waals surface area contributed by atoms with E-state index in [1.54, 1.807) is 0 Å². The molecular formula is C12H14Cl2O6. The molecule has 0 aliphatic carbocycles. The van der Waals surface area contributed by atoms with Crippen molar-refractivity contribution in [3.05, 3.63) is 28.2 Å². The van der Waals surface area contributed by atoms with Crippen molar-refractivity contribution in [2.75, 3.05) is 6.61 Å². The van der Waals surface area contributed by atoms with Crippen molar-refractivity contribution < 1.29 is 29.9 Å². The molecule has 0 unspecified atom stereocenters. The molecule has 2 rings (SSSR count). The van der Waals surface area contributed by atoms with E-state index in [4.69, 9.17) is 37.8 Å². The molecule has 20 heavy (non-hydrogen) atoms. The van der Waals surface area contributed by atoms with E-state index in [0.29, 0.717) is 5.02 Å². The predicted molar refractivity (Wildman–Crippen MR) is 70.9 cm³/mol. The third-order valence-electron chi connectivity index (χ3n) is 2.99. The van der Waals surface area contributed by atoms with Crippen LogP contribution in [0.4, 0.5) is 0 Å². The van der Waals surface area contributed by atoms with Gasteiger partial charge in [0.2, 0.25) is 6.29 Å². The average Bonchev–Trinajstić information content (AvgIpc) is 2.42. The second kappa shape index (κ2) is 6.44. The summed E-state index contributed by atoms with van der Waals surface area (Å²) in [6, 6.07) is 4.46. The molecule has 1 aliphatic rings. The number of ether oxygens (including phenoxy) is 2. The largest absolute Gasteiger partial charge is 0.460 e. The van der Waals surface area contributed by atoms with Crippen molar-refractivity contribution in [3.8, 4) is 5.75 Å². The first-order chi connectivity index (χ1) is 9.43. The van der Waals surface area contributed by atoms with Crippen LogP contribution < -0.4 is 4.74 Å². The minimum atomic E-state index is -1.50. The van der Waals surface area contributed by atoms with E-state index in [0.717, 1.165) is 0 Å². The maximum Gasteiger partial charge on any atom is 0.229 e. The summed E-state index contributed by atoms with van der Waals surface area (Å²) in [6.07, 6.45) is -6.74. The number of aliphatic hydroxyl groups excluding tert-OH is 4. The van der Waals surface area contributed by atoms with Crippen LogP contribution in [0.1, 0.15) is 0 Å². The molecule has 6 nitrogen and oxygen atoms in total. The van der Waals surface area contributed by atoms with Crippen molar-refractivity contribution in [3.63, 3.8) is 0 Å². The molecule has 1 saturated heterocycles. The van der Waals surface area contributed by atoms with Crippen LogP contribution in [0.15, 0.2) is 18.2 Å². The highest BCUT2D eigenvalue weighted by molar-refractivity contribution is 6.35. The molecule has 1 aromatic rings. The summed E-state index contributed by atoms with van der Waals surface area (Å²) >= 11 is 11.7. The molecule has 0 aromatic heterocycles. The SMILES string of the molecule is OC[C@@H]1O[C@H](Oc2ccc(Cl)cc2Cl)[C@@H](O)[C@H](O)[C@H]1O. The van der Waals surface area contributed by atoms with Crippen molar-refractivity contribution in [1.82, 2.24) is 0 Å². The Balaban J connectivity index is 2.15. The maximum atomic E-state index is 9.82. The molecule has 0 saturated carbocycles. The van der Waals surface area contributed by atoms with Crippen LogP contribution in [0.3, 0.4) is 0 Å². The van der Waals surface area contributed by atoms with Gasteiger partial charge < -0.3 is 29.9 Å². The van der Waals surface area contributed by atoms with Gasteiger partial charge in [-0.15, -0.1) is 0 Å². The highest BCUT2D eigenvalue weighted by Gasteiger charge is 2.44. The second-order valence-electron chi connectivity index (χ2n) is 4.39. The first-order valence-corrected chi connectivity index (χ1v) is 6.62. The zero-order valence-corrected chi connectivity index (χ0v) is 11.7. The topological polar surface area (TPSA) is 99.4 Å². The van der Waals surface area contributed by atoms with E-state index in [9.17, 15) is 15.3 Å². The summed E-state index contributed by atoms with van der Waals surface area (Å²) in [4.78, 5) is 0. The van der Waals surface area contributed by atoms with Gasteiger partial charge in [0.15, 0.2) is 0 Å². The zero-order chi connectivity index (χ0) is 14.9. The Labute approximate surface area is 125 Å². The monoisotopic (exact) mass is 324 g/mol. The molecule has 0 bridgehead atoms. The third-order valence-corrected chi connectivity index (χ3v) is 3.52. The van der Waals surface area contributed by atoms with Crippen molar-refractivity contribution in [2.45, 2.75) is 30.7 Å². The number of rotatable bonds is 3. The Morgan fingerprint density at radius 3 is 2.40 bits per heavy atom. The molecule has 1 aromatic carbocycles. The lowest BCUT2D eigenvalue weighted by Gasteiger charge is -2.39. The molecule has 5 atom stereocenters. The minimum Gasteiger partial charge on any atom is -0.460 e. The van der Waals surface area contributed by atoms with Gasteiger partial charge in [0, 0.05) is 5.02 Å². The van der Waals surface area contributed by atoms with Gasteiger partial charge in [-0.2, -0.15) is 0 Å². The molecule has 1 fully saturated rings. The Bertz CT molecular complexity index is 469. The predicted octanol–water partition coefficient (Wildman–Crippen LogP) is 0.172. The van der Waals surface area contributed by atoms with Gasteiger partial charge in [0.05, 0.1) is 11.6 Å². The van der Waals surface area contributed by atoms with Crippen LogP contribution in [0, 0.1) is 0 Å². The van der Waals surface area contributed by atoms with Crippen LogP contribution in [-0.2, 0) is 4.74 Å². The molecule has 0 spiro atoms. The summed E-state index contributed by atoms with van der Waals surface area (Å²) < 4.78 is 10.6. The van der Waals surface area contributed by atoms with E-state index in [-0.39, 0.29) is 10.8 Å².